The maximum atomic E-state index is 13.3. The highest BCUT2D eigenvalue weighted by Crippen LogP contribution is 2.31. The lowest BCUT2D eigenvalue weighted by Gasteiger charge is -2.14. The maximum absolute atomic E-state index is 13.3. The number of carbonyl (C=O) groups is 2. The molecule has 0 aliphatic carbocycles. The fraction of sp³-hybridized carbons (Fsp3) is 0.393. The van der Waals surface area contributed by atoms with Gasteiger partial charge in [-0.2, -0.15) is 8.78 Å². The van der Waals surface area contributed by atoms with E-state index in [0.29, 0.717) is 36.3 Å². The number of urea groups is 1. The number of halogens is 2. The number of nitrogens with zero attached hydrogens (tertiary/aromatic N) is 2. The Labute approximate surface area is 243 Å². The predicted octanol–water partition coefficient (Wildman–Crippen LogP) is 5.83. The van der Waals surface area contributed by atoms with Crippen molar-refractivity contribution in [2.75, 3.05) is 13.2 Å². The number of hydrogen-bond donors (Lipinski definition) is 2. The van der Waals surface area contributed by atoms with Crippen LogP contribution in [0.15, 0.2) is 58.5 Å². The van der Waals surface area contributed by atoms with Gasteiger partial charge in [0.15, 0.2) is 5.69 Å². The number of imidazole rings is 1. The number of carbonyl (C=O) groups excluding carboxylic acids is 2. The molecule has 0 fully saturated rings. The number of benzene rings is 2. The summed E-state index contributed by atoms with van der Waals surface area (Å²) in [5.74, 6) is -2.98. The molecule has 3 aromatic rings. The maximum Gasteiger partial charge on any atom is 0.357 e. The molecule has 0 radical (unpaired) electrons. The Morgan fingerprint density at radius 3 is 2.39 bits per heavy atom. The molecule has 13 heteroatoms. The van der Waals surface area contributed by atoms with Crippen LogP contribution in [-0.2, 0) is 27.7 Å². The minimum absolute atomic E-state index is 0.0174. The van der Waals surface area contributed by atoms with E-state index in [-0.39, 0.29) is 40.5 Å². The number of ether oxygens (including phenoxy) is 1. The van der Waals surface area contributed by atoms with E-state index in [4.69, 9.17) is 4.74 Å². The molecule has 3 rings (SSSR count). The average Bonchev–Trinajstić information content (AvgIpc) is 3.26. The second kappa shape index (κ2) is 15.0. The fourth-order valence-electron chi connectivity index (χ4n) is 4.10. The third kappa shape index (κ3) is 8.52. The van der Waals surface area contributed by atoms with E-state index in [1.807, 2.05) is 18.6 Å². The molecular weight excluding hydrogens is 574 g/mol. The first-order valence-corrected chi connectivity index (χ1v) is 15.7. The second-order valence-corrected chi connectivity index (χ2v) is 11.7. The lowest BCUT2D eigenvalue weighted by molar-refractivity contribution is 0.0509. The van der Waals surface area contributed by atoms with Gasteiger partial charge in [-0.05, 0) is 48.7 Å². The molecule has 0 aliphatic rings. The molecule has 2 N–H and O–H groups in total. The van der Waals surface area contributed by atoms with Gasteiger partial charge in [0.2, 0.25) is 0 Å². The first-order chi connectivity index (χ1) is 19.6. The standard InChI is InChI=1S/C28H34F2N4O5S2/c1-4-7-12-23-32-25(40-27(29)30)24(26(35)39-6-3)34(23)18-19-13-15-20(16-14-19)21-10-8-9-11-22(21)41(37,38)33-28(36)31-17-5-2/h8-11,13-16,27H,4-7,12,17-18H2,1-3H3,(H2,31,33,36). The Kier molecular flexibility index (Phi) is 11.7. The summed E-state index contributed by atoms with van der Waals surface area (Å²) in [6.07, 6.45) is 2.76. The smallest absolute Gasteiger partial charge is 0.357 e. The molecule has 222 valence electrons. The Morgan fingerprint density at radius 1 is 1.05 bits per heavy atom. The summed E-state index contributed by atoms with van der Waals surface area (Å²) >= 11 is 0.213. The van der Waals surface area contributed by atoms with Gasteiger partial charge in [-0.1, -0.05) is 62.7 Å². The molecule has 2 amide bonds. The van der Waals surface area contributed by atoms with Gasteiger partial charge in [-0.3, -0.25) is 0 Å². The lowest BCUT2D eigenvalue weighted by atomic mass is 10.0. The molecule has 0 saturated heterocycles. The molecule has 0 unspecified atom stereocenters. The first-order valence-electron chi connectivity index (χ1n) is 13.3. The average molecular weight is 609 g/mol. The van der Waals surface area contributed by atoms with Crippen LogP contribution >= 0.6 is 11.8 Å². The van der Waals surface area contributed by atoms with Crippen LogP contribution in [-0.4, -0.2) is 48.9 Å². The summed E-state index contributed by atoms with van der Waals surface area (Å²) in [5, 5.41) is 2.41. The van der Waals surface area contributed by atoms with Crippen molar-refractivity contribution in [2.45, 2.75) is 68.7 Å². The number of alkyl halides is 2. The molecule has 1 heterocycles. The van der Waals surface area contributed by atoms with Gasteiger partial charge in [0.05, 0.1) is 11.5 Å². The largest absolute Gasteiger partial charge is 0.461 e. The number of esters is 1. The summed E-state index contributed by atoms with van der Waals surface area (Å²) in [5.41, 5.74) is 1.70. The van der Waals surface area contributed by atoms with Gasteiger partial charge >= 0.3 is 12.0 Å². The monoisotopic (exact) mass is 608 g/mol. The van der Waals surface area contributed by atoms with E-state index >= 15 is 0 Å². The molecule has 9 nitrogen and oxygen atoms in total. The highest BCUT2D eigenvalue weighted by molar-refractivity contribution is 7.99. The van der Waals surface area contributed by atoms with E-state index in [1.54, 1.807) is 54.0 Å². The normalized spacial score (nSPS) is 11.5. The van der Waals surface area contributed by atoms with Crippen LogP contribution in [0.4, 0.5) is 13.6 Å². The number of amides is 2. The molecular formula is C28H34F2N4O5S2. The Balaban J connectivity index is 1.96. The van der Waals surface area contributed by atoms with Gasteiger partial charge in [-0.25, -0.2) is 27.7 Å². The third-order valence-electron chi connectivity index (χ3n) is 5.98. The van der Waals surface area contributed by atoms with Crippen LogP contribution in [0, 0.1) is 0 Å². The zero-order valence-electron chi connectivity index (χ0n) is 23.2. The zero-order chi connectivity index (χ0) is 30.0. The number of sulfonamides is 1. The van der Waals surface area contributed by atoms with Gasteiger partial charge in [0.25, 0.3) is 15.8 Å². The zero-order valence-corrected chi connectivity index (χ0v) is 24.8. The van der Waals surface area contributed by atoms with Crippen LogP contribution in [0.3, 0.4) is 0 Å². The highest BCUT2D eigenvalue weighted by Gasteiger charge is 2.27. The second-order valence-electron chi connectivity index (χ2n) is 9.02. The highest BCUT2D eigenvalue weighted by atomic mass is 32.2. The Morgan fingerprint density at radius 2 is 1.76 bits per heavy atom. The minimum Gasteiger partial charge on any atom is -0.461 e. The number of aromatic nitrogens is 2. The van der Waals surface area contributed by atoms with Crippen LogP contribution in [0.1, 0.15) is 61.9 Å². The van der Waals surface area contributed by atoms with Crippen molar-refractivity contribution in [3.05, 3.63) is 65.6 Å². The van der Waals surface area contributed by atoms with Crippen LogP contribution in [0.25, 0.3) is 11.1 Å². The van der Waals surface area contributed by atoms with Crippen molar-refractivity contribution in [1.29, 1.82) is 0 Å². The van der Waals surface area contributed by atoms with E-state index < -0.39 is 27.8 Å². The number of hydrogen-bond acceptors (Lipinski definition) is 7. The van der Waals surface area contributed by atoms with Gasteiger partial charge in [0.1, 0.15) is 10.9 Å². The Bertz CT molecular complexity index is 1440. The number of rotatable bonds is 14. The number of nitrogens with one attached hydrogen (secondary N) is 2. The molecule has 0 saturated carbocycles. The summed E-state index contributed by atoms with van der Waals surface area (Å²) in [6.45, 7) is 6.08. The Hall–Kier alpha value is -3.45. The van der Waals surface area contributed by atoms with E-state index in [2.05, 4.69) is 10.3 Å². The van der Waals surface area contributed by atoms with Crippen molar-refractivity contribution in [2.24, 2.45) is 0 Å². The topological polar surface area (TPSA) is 119 Å². The summed E-state index contributed by atoms with van der Waals surface area (Å²) in [7, 11) is -4.16. The molecule has 2 aromatic carbocycles. The predicted molar refractivity (Wildman–Crippen MR) is 154 cm³/mol. The van der Waals surface area contributed by atoms with Gasteiger partial charge in [0, 0.05) is 25.1 Å². The number of unbranched alkanes of at least 4 members (excludes halogenated alkanes) is 1. The quantitative estimate of drug-likeness (QED) is 0.175. The molecule has 41 heavy (non-hydrogen) atoms. The minimum atomic E-state index is -4.16. The van der Waals surface area contributed by atoms with Crippen molar-refractivity contribution in [3.63, 3.8) is 0 Å². The van der Waals surface area contributed by atoms with E-state index in [9.17, 15) is 26.8 Å². The lowest BCUT2D eigenvalue weighted by Crippen LogP contribution is -2.39. The summed E-state index contributed by atoms with van der Waals surface area (Å²) < 4.78 is 61.4. The van der Waals surface area contributed by atoms with E-state index in [0.717, 1.165) is 18.4 Å². The third-order valence-corrected chi connectivity index (χ3v) is 8.06. The van der Waals surface area contributed by atoms with Crippen LogP contribution in [0.5, 0.6) is 0 Å². The molecule has 0 atom stereocenters. The first kappa shape index (κ1) is 32.1. The summed E-state index contributed by atoms with van der Waals surface area (Å²) in [4.78, 5) is 29.2. The number of thioether (sulfide) groups is 1. The van der Waals surface area contributed by atoms with Crippen LogP contribution in [0.2, 0.25) is 0 Å². The number of aryl methyl sites for hydroxylation is 1. The van der Waals surface area contributed by atoms with E-state index in [1.165, 1.54) is 6.07 Å². The molecule has 0 aliphatic heterocycles. The molecule has 0 bridgehead atoms. The fourth-order valence-corrected chi connectivity index (χ4v) is 5.89. The van der Waals surface area contributed by atoms with Crippen molar-refractivity contribution >= 4 is 33.8 Å². The van der Waals surface area contributed by atoms with Gasteiger partial charge in [-0.15, -0.1) is 0 Å². The van der Waals surface area contributed by atoms with Crippen LogP contribution < -0.4 is 10.0 Å². The summed E-state index contributed by atoms with van der Waals surface area (Å²) in [6, 6.07) is 12.5. The van der Waals surface area contributed by atoms with Crippen molar-refractivity contribution in [1.82, 2.24) is 19.6 Å². The van der Waals surface area contributed by atoms with Crippen molar-refractivity contribution < 1.29 is 31.5 Å². The molecule has 1 aromatic heterocycles. The molecule has 0 spiro atoms. The SMILES string of the molecule is CCCCc1nc(SC(F)F)c(C(=O)OCC)n1Cc1ccc(-c2ccccc2S(=O)(=O)NC(=O)NCCC)cc1. The van der Waals surface area contributed by atoms with Gasteiger partial charge < -0.3 is 14.6 Å². The van der Waals surface area contributed by atoms with Crippen molar-refractivity contribution in [3.8, 4) is 11.1 Å².